The molecular formula is C34H18F6N2O6. The molecule has 0 aliphatic carbocycles. The van der Waals surface area contributed by atoms with E-state index in [2.05, 4.69) is 0 Å². The van der Waals surface area contributed by atoms with Crippen LogP contribution in [0, 0.1) is 0 Å². The molecule has 14 heteroatoms. The third-order valence-electron chi connectivity index (χ3n) is 7.86. The second-order valence-corrected chi connectivity index (χ2v) is 10.7. The lowest BCUT2D eigenvalue weighted by Crippen LogP contribution is -2.55. The van der Waals surface area contributed by atoms with Crippen molar-refractivity contribution in [3.8, 4) is 5.75 Å². The van der Waals surface area contributed by atoms with E-state index in [1.165, 1.54) is 36.4 Å². The van der Waals surface area contributed by atoms with Gasteiger partial charge < -0.3 is 4.74 Å². The molecular weight excluding hydrogens is 646 g/mol. The second-order valence-electron chi connectivity index (χ2n) is 10.7. The Balaban J connectivity index is 1.34. The lowest BCUT2D eigenvalue weighted by atomic mass is 9.71. The van der Waals surface area contributed by atoms with Crippen LogP contribution >= 0.6 is 0 Å². The maximum atomic E-state index is 14.8. The van der Waals surface area contributed by atoms with Gasteiger partial charge in [0.2, 0.25) is 5.41 Å². The largest absolute Gasteiger partial charge is 0.423 e. The van der Waals surface area contributed by atoms with Gasteiger partial charge in [0.05, 0.1) is 27.9 Å². The summed E-state index contributed by atoms with van der Waals surface area (Å²) in [6, 6.07) is 16.7. The summed E-state index contributed by atoms with van der Waals surface area (Å²) in [5.74, 6) is -5.11. The minimum atomic E-state index is -6.08. The van der Waals surface area contributed by atoms with E-state index in [-0.39, 0.29) is 11.4 Å². The molecule has 0 atom stereocenters. The number of hydrogen-bond donors (Lipinski definition) is 1. The van der Waals surface area contributed by atoms with Gasteiger partial charge in [-0.05, 0) is 71.3 Å². The molecule has 2 aliphatic heterocycles. The van der Waals surface area contributed by atoms with Gasteiger partial charge in [0.25, 0.3) is 23.6 Å². The minimum absolute atomic E-state index is 0.0187. The topological polar surface area (TPSA) is 110 Å². The van der Waals surface area contributed by atoms with Crippen molar-refractivity contribution in [2.24, 2.45) is 0 Å². The van der Waals surface area contributed by atoms with Gasteiger partial charge in [0.1, 0.15) is 5.75 Å². The van der Waals surface area contributed by atoms with Crippen molar-refractivity contribution in [2.45, 2.75) is 17.8 Å². The van der Waals surface area contributed by atoms with Gasteiger partial charge in [-0.3, -0.25) is 24.5 Å². The van der Waals surface area contributed by atoms with E-state index in [0.29, 0.717) is 41.3 Å². The molecule has 4 aromatic rings. The van der Waals surface area contributed by atoms with Crippen molar-refractivity contribution in [2.75, 3.05) is 4.90 Å². The fourth-order valence-electron chi connectivity index (χ4n) is 5.63. The number of rotatable bonds is 6. The van der Waals surface area contributed by atoms with Crippen molar-refractivity contribution < 1.29 is 55.1 Å². The number of alkyl halides is 6. The highest BCUT2D eigenvalue weighted by atomic mass is 19.4. The molecule has 0 radical (unpaired) electrons. The molecule has 0 fully saturated rings. The first-order valence-electron chi connectivity index (χ1n) is 13.9. The lowest BCUT2D eigenvalue weighted by Gasteiger charge is -2.38. The first-order chi connectivity index (χ1) is 22.6. The average Bonchev–Trinajstić information content (AvgIpc) is 3.45. The van der Waals surface area contributed by atoms with E-state index < -0.39 is 80.7 Å². The highest BCUT2D eigenvalue weighted by molar-refractivity contribution is 6.34. The molecule has 2 aliphatic rings. The Kier molecular flexibility index (Phi) is 7.53. The van der Waals surface area contributed by atoms with E-state index in [9.17, 15) is 50.3 Å². The third kappa shape index (κ3) is 5.11. The summed E-state index contributed by atoms with van der Waals surface area (Å²) in [5, 5.41) is 1.81. The van der Waals surface area contributed by atoms with Crippen LogP contribution in [-0.2, 0) is 10.2 Å². The third-order valence-corrected chi connectivity index (χ3v) is 7.86. The number of carbonyl (C=O) groups is 5. The molecule has 0 saturated carbocycles. The second kappa shape index (κ2) is 11.3. The molecule has 1 N–H and O–H groups in total. The van der Waals surface area contributed by atoms with Gasteiger partial charge in [0.15, 0.2) is 0 Å². The first kappa shape index (κ1) is 31.9. The number of nitrogens with one attached hydrogen (secondary N) is 1. The van der Waals surface area contributed by atoms with Crippen LogP contribution in [0.25, 0.3) is 6.08 Å². The fourth-order valence-corrected chi connectivity index (χ4v) is 5.63. The molecule has 0 spiro atoms. The Morgan fingerprint density at radius 1 is 0.646 bits per heavy atom. The van der Waals surface area contributed by atoms with Gasteiger partial charge in [-0.1, -0.05) is 42.5 Å². The molecule has 4 amide bonds. The van der Waals surface area contributed by atoms with Crippen LogP contribution < -0.4 is 15.0 Å². The van der Waals surface area contributed by atoms with Crippen LogP contribution in [0.2, 0.25) is 0 Å². The summed E-state index contributed by atoms with van der Waals surface area (Å²) in [6.45, 7) is 0. The summed E-state index contributed by atoms with van der Waals surface area (Å²) in [6.07, 6.45) is -9.48. The molecule has 0 unspecified atom stereocenters. The van der Waals surface area contributed by atoms with Gasteiger partial charge >= 0.3 is 18.3 Å². The van der Waals surface area contributed by atoms with E-state index in [4.69, 9.17) is 4.74 Å². The van der Waals surface area contributed by atoms with E-state index in [1.54, 1.807) is 30.3 Å². The summed E-state index contributed by atoms with van der Waals surface area (Å²) >= 11 is 0. The predicted molar refractivity (Wildman–Crippen MR) is 156 cm³/mol. The number of ether oxygens (including phenoxy) is 1. The zero-order valence-corrected chi connectivity index (χ0v) is 24.0. The van der Waals surface area contributed by atoms with Gasteiger partial charge in [-0.15, -0.1) is 0 Å². The summed E-state index contributed by atoms with van der Waals surface area (Å²) in [5.41, 5.74) is -9.29. The number of halogens is 6. The number of carbonyl (C=O) groups excluding carboxylic acids is 5. The molecule has 0 saturated heterocycles. The number of esters is 1. The maximum absolute atomic E-state index is 14.8. The summed E-state index contributed by atoms with van der Waals surface area (Å²) < 4.78 is 94.1. The Labute approximate surface area is 266 Å². The zero-order chi connectivity index (χ0) is 34.6. The Bertz CT molecular complexity index is 2040. The quantitative estimate of drug-likeness (QED) is 0.0841. The average molecular weight is 665 g/mol. The van der Waals surface area contributed by atoms with E-state index in [1.807, 2.05) is 5.32 Å². The number of hydrogen-bond acceptors (Lipinski definition) is 6. The molecule has 48 heavy (non-hydrogen) atoms. The van der Waals surface area contributed by atoms with Crippen LogP contribution in [-0.4, -0.2) is 42.0 Å². The first-order valence-corrected chi connectivity index (χ1v) is 13.9. The van der Waals surface area contributed by atoms with Crippen molar-refractivity contribution in [3.63, 3.8) is 0 Å². The molecule has 4 aromatic carbocycles. The maximum Gasteiger partial charge on any atom is 0.411 e. The number of imide groups is 2. The van der Waals surface area contributed by atoms with Crippen LogP contribution in [0.3, 0.4) is 0 Å². The van der Waals surface area contributed by atoms with Crippen molar-refractivity contribution in [3.05, 3.63) is 136 Å². The lowest BCUT2D eigenvalue weighted by molar-refractivity contribution is -0.288. The molecule has 0 bridgehead atoms. The molecule has 242 valence electrons. The van der Waals surface area contributed by atoms with Crippen molar-refractivity contribution >= 4 is 41.4 Å². The number of nitrogens with zero attached hydrogens (tertiary/aromatic N) is 1. The van der Waals surface area contributed by atoms with Gasteiger partial charge in [-0.25, -0.2) is 9.69 Å². The summed E-state index contributed by atoms with van der Waals surface area (Å²) in [4.78, 5) is 63.4. The Morgan fingerprint density at radius 2 is 1.19 bits per heavy atom. The number of anilines is 1. The van der Waals surface area contributed by atoms with Crippen LogP contribution in [0.15, 0.2) is 97.1 Å². The van der Waals surface area contributed by atoms with Gasteiger partial charge in [-0.2, -0.15) is 26.3 Å². The SMILES string of the molecule is O=C(/C=C/c1ccccc1)Oc1ccc(N2C(=O)c3ccc(C(c4ccc5c(c4)C(=O)NC5=O)(C(F)(F)F)C(F)(F)F)cc3C2=O)cc1. The molecule has 0 aromatic heterocycles. The van der Waals surface area contributed by atoms with Crippen molar-refractivity contribution in [1.29, 1.82) is 0 Å². The standard InChI is InChI=1S/C34H18F6N2O6/c35-33(36,37)32(34(38,39)40,19-7-13-23-25(16-19)29(45)41-28(23)44)20-8-14-24-26(17-20)31(47)42(30(24)46)21-9-11-22(12-10-21)48-27(43)15-6-18-4-2-1-3-5-18/h1-17H,(H,41,44,45)/b15-6+. The predicted octanol–water partition coefficient (Wildman–Crippen LogP) is 6.40. The Morgan fingerprint density at radius 3 is 1.79 bits per heavy atom. The van der Waals surface area contributed by atoms with Crippen LogP contribution in [0.4, 0.5) is 32.0 Å². The molecule has 2 heterocycles. The van der Waals surface area contributed by atoms with Crippen molar-refractivity contribution in [1.82, 2.24) is 5.32 Å². The zero-order valence-electron chi connectivity index (χ0n) is 24.0. The minimum Gasteiger partial charge on any atom is -0.423 e. The highest BCUT2D eigenvalue weighted by Crippen LogP contribution is 2.57. The fraction of sp³-hybridized carbons (Fsp3) is 0.0882. The molecule has 8 nitrogen and oxygen atoms in total. The number of fused-ring (bicyclic) bond motifs is 2. The van der Waals surface area contributed by atoms with Gasteiger partial charge in [0, 0.05) is 6.08 Å². The van der Waals surface area contributed by atoms with E-state index in [0.717, 1.165) is 5.56 Å². The smallest absolute Gasteiger partial charge is 0.411 e. The monoisotopic (exact) mass is 664 g/mol. The van der Waals surface area contributed by atoms with Crippen LogP contribution in [0.1, 0.15) is 58.1 Å². The molecule has 6 rings (SSSR count). The normalized spacial score (nSPS) is 14.8. The van der Waals surface area contributed by atoms with Crippen LogP contribution in [0.5, 0.6) is 5.75 Å². The van der Waals surface area contributed by atoms with E-state index >= 15 is 0 Å². The Hall–Kier alpha value is -6.05. The highest BCUT2D eigenvalue weighted by Gasteiger charge is 2.73. The number of amides is 4. The number of benzene rings is 4. The summed E-state index contributed by atoms with van der Waals surface area (Å²) in [7, 11) is 0.